The van der Waals surface area contributed by atoms with Crippen molar-refractivity contribution in [2.24, 2.45) is 5.92 Å². The molecule has 0 bridgehead atoms. The van der Waals surface area contributed by atoms with Crippen LogP contribution in [0, 0.1) is 11.7 Å². The molecule has 0 atom stereocenters. The molecule has 0 saturated heterocycles. The van der Waals surface area contributed by atoms with Crippen molar-refractivity contribution in [2.45, 2.75) is 38.2 Å². The van der Waals surface area contributed by atoms with Crippen LogP contribution in [0.15, 0.2) is 18.2 Å². The summed E-state index contributed by atoms with van der Waals surface area (Å²) >= 11 is 0. The second-order valence-electron chi connectivity index (χ2n) is 5.40. The van der Waals surface area contributed by atoms with Gasteiger partial charge in [-0.25, -0.2) is 4.39 Å². The molecule has 1 aliphatic rings. The minimum atomic E-state index is -1.25. The van der Waals surface area contributed by atoms with Crippen LogP contribution in [-0.4, -0.2) is 24.8 Å². The summed E-state index contributed by atoms with van der Waals surface area (Å²) in [6.45, 7) is 2.12. The highest BCUT2D eigenvalue weighted by molar-refractivity contribution is 5.72. The molecule has 0 spiro atoms. The molecule has 4 nitrogen and oxygen atoms in total. The summed E-state index contributed by atoms with van der Waals surface area (Å²) in [5.74, 6) is -0.384. The SMILES string of the molecule is CCOC(=O)[C@H]1CC[C@@](O)(c2cc(OC)ccc2F)CC1. The second-order valence-corrected chi connectivity index (χ2v) is 5.40. The van der Waals surface area contributed by atoms with E-state index in [4.69, 9.17) is 9.47 Å². The van der Waals surface area contributed by atoms with Gasteiger partial charge in [0, 0.05) is 5.56 Å². The molecule has 1 aliphatic carbocycles. The van der Waals surface area contributed by atoms with Crippen LogP contribution in [0.4, 0.5) is 4.39 Å². The summed E-state index contributed by atoms with van der Waals surface area (Å²) < 4.78 is 24.1. The third-order valence-corrected chi connectivity index (χ3v) is 4.11. The van der Waals surface area contributed by atoms with Crippen LogP contribution in [0.3, 0.4) is 0 Å². The Morgan fingerprint density at radius 1 is 1.43 bits per heavy atom. The summed E-state index contributed by atoms with van der Waals surface area (Å²) in [5, 5.41) is 10.7. The van der Waals surface area contributed by atoms with Crippen molar-refractivity contribution in [3.8, 4) is 5.75 Å². The van der Waals surface area contributed by atoms with Crippen LogP contribution >= 0.6 is 0 Å². The average Bonchev–Trinajstić information content (AvgIpc) is 2.48. The first kappa shape index (κ1) is 15.8. The van der Waals surface area contributed by atoms with Crippen molar-refractivity contribution < 1.29 is 23.8 Å². The highest BCUT2D eigenvalue weighted by atomic mass is 19.1. The molecule has 1 aromatic carbocycles. The number of ether oxygens (including phenoxy) is 2. The lowest BCUT2D eigenvalue weighted by atomic mass is 9.75. The quantitative estimate of drug-likeness (QED) is 0.868. The van der Waals surface area contributed by atoms with E-state index in [0.717, 1.165) is 0 Å². The Kier molecular flexibility index (Phi) is 4.83. The summed E-state index contributed by atoms with van der Waals surface area (Å²) in [5.41, 5.74) is -1.01. The molecular weight excluding hydrogens is 275 g/mol. The zero-order valence-corrected chi connectivity index (χ0v) is 12.4. The Morgan fingerprint density at radius 2 is 2.10 bits per heavy atom. The molecule has 5 heteroatoms. The molecule has 0 amide bonds. The summed E-state index contributed by atoms with van der Waals surface area (Å²) in [6, 6.07) is 4.34. The van der Waals surface area contributed by atoms with Gasteiger partial charge in [0.1, 0.15) is 11.6 Å². The molecule has 116 valence electrons. The van der Waals surface area contributed by atoms with Gasteiger partial charge in [-0.2, -0.15) is 0 Å². The number of methoxy groups -OCH3 is 1. The first-order valence-corrected chi connectivity index (χ1v) is 7.23. The lowest BCUT2D eigenvalue weighted by Crippen LogP contribution is -2.35. The van der Waals surface area contributed by atoms with Crippen LogP contribution in [-0.2, 0) is 15.1 Å². The lowest BCUT2D eigenvalue weighted by Gasteiger charge is -2.35. The highest BCUT2D eigenvalue weighted by Crippen LogP contribution is 2.41. The molecule has 1 fully saturated rings. The standard InChI is InChI=1S/C16H21FO4/c1-3-21-15(18)11-6-8-16(19,9-7-11)13-10-12(20-2)4-5-14(13)17/h4-5,10-11,19H,3,6-9H2,1-2H3/t11-,16-. The van der Waals surface area contributed by atoms with Crippen molar-refractivity contribution in [3.05, 3.63) is 29.6 Å². The first-order chi connectivity index (χ1) is 10.00. The maximum Gasteiger partial charge on any atom is 0.308 e. The van der Waals surface area contributed by atoms with Gasteiger partial charge in [0.15, 0.2) is 0 Å². The van der Waals surface area contributed by atoms with Gasteiger partial charge in [0.2, 0.25) is 0 Å². The first-order valence-electron chi connectivity index (χ1n) is 7.23. The maximum atomic E-state index is 14.0. The van der Waals surface area contributed by atoms with Crippen LogP contribution in [0.5, 0.6) is 5.75 Å². The van der Waals surface area contributed by atoms with E-state index in [1.807, 2.05) is 0 Å². The van der Waals surface area contributed by atoms with Crippen LogP contribution in [0.25, 0.3) is 0 Å². The molecule has 1 N–H and O–H groups in total. The molecule has 0 radical (unpaired) electrons. The molecule has 21 heavy (non-hydrogen) atoms. The van der Waals surface area contributed by atoms with E-state index >= 15 is 0 Å². The topological polar surface area (TPSA) is 55.8 Å². The molecule has 1 saturated carbocycles. The second kappa shape index (κ2) is 6.43. The number of benzene rings is 1. The number of hydrogen-bond acceptors (Lipinski definition) is 4. The fourth-order valence-electron chi connectivity index (χ4n) is 2.85. The number of rotatable bonds is 4. The van der Waals surface area contributed by atoms with Gasteiger partial charge in [-0.1, -0.05) is 0 Å². The minimum absolute atomic E-state index is 0.209. The van der Waals surface area contributed by atoms with Gasteiger partial charge >= 0.3 is 5.97 Å². The monoisotopic (exact) mass is 296 g/mol. The van der Waals surface area contributed by atoms with E-state index < -0.39 is 11.4 Å². The summed E-state index contributed by atoms with van der Waals surface area (Å²) in [6.07, 6.45) is 1.65. The van der Waals surface area contributed by atoms with Gasteiger partial charge in [0.25, 0.3) is 0 Å². The van der Waals surface area contributed by atoms with Crippen molar-refractivity contribution in [1.29, 1.82) is 0 Å². The predicted molar refractivity (Wildman–Crippen MR) is 75.4 cm³/mol. The fourth-order valence-corrected chi connectivity index (χ4v) is 2.85. The van der Waals surface area contributed by atoms with E-state index in [2.05, 4.69) is 0 Å². The van der Waals surface area contributed by atoms with Crippen LogP contribution in [0.2, 0.25) is 0 Å². The van der Waals surface area contributed by atoms with E-state index in [0.29, 0.717) is 38.0 Å². The number of halogens is 1. The van der Waals surface area contributed by atoms with Gasteiger partial charge in [-0.15, -0.1) is 0 Å². The maximum absolute atomic E-state index is 14.0. The number of esters is 1. The zero-order valence-electron chi connectivity index (χ0n) is 12.4. The third-order valence-electron chi connectivity index (χ3n) is 4.11. The van der Waals surface area contributed by atoms with Crippen molar-refractivity contribution in [1.82, 2.24) is 0 Å². The predicted octanol–water partition coefficient (Wildman–Crippen LogP) is 2.78. The summed E-state index contributed by atoms with van der Waals surface area (Å²) in [4.78, 5) is 11.7. The smallest absolute Gasteiger partial charge is 0.308 e. The van der Waals surface area contributed by atoms with Gasteiger partial charge in [-0.05, 0) is 50.8 Å². The zero-order chi connectivity index (χ0) is 15.5. The van der Waals surface area contributed by atoms with Crippen LogP contribution < -0.4 is 4.74 Å². The summed E-state index contributed by atoms with van der Waals surface area (Å²) in [7, 11) is 1.50. The molecule has 0 aliphatic heterocycles. The van der Waals surface area contributed by atoms with Crippen LogP contribution in [0.1, 0.15) is 38.2 Å². The van der Waals surface area contributed by atoms with Crippen molar-refractivity contribution in [2.75, 3.05) is 13.7 Å². The molecule has 0 heterocycles. The Morgan fingerprint density at radius 3 is 2.67 bits per heavy atom. The normalized spacial score (nSPS) is 25.4. The Hall–Kier alpha value is -1.62. The van der Waals surface area contributed by atoms with E-state index in [1.54, 1.807) is 6.92 Å². The van der Waals surface area contributed by atoms with Gasteiger partial charge in [0.05, 0.1) is 25.2 Å². The number of carbonyl (C=O) groups excluding carboxylic acids is 1. The minimum Gasteiger partial charge on any atom is -0.497 e. The largest absolute Gasteiger partial charge is 0.497 e. The molecule has 2 rings (SSSR count). The van der Waals surface area contributed by atoms with Gasteiger partial charge in [-0.3, -0.25) is 4.79 Å². The highest BCUT2D eigenvalue weighted by Gasteiger charge is 2.39. The van der Waals surface area contributed by atoms with Gasteiger partial charge < -0.3 is 14.6 Å². The third kappa shape index (κ3) is 3.35. The molecule has 0 unspecified atom stereocenters. The molecular formula is C16H21FO4. The molecule has 0 aromatic heterocycles. The number of carbonyl (C=O) groups is 1. The van der Waals surface area contributed by atoms with Crippen molar-refractivity contribution in [3.63, 3.8) is 0 Å². The number of hydrogen-bond donors (Lipinski definition) is 1. The number of aliphatic hydroxyl groups is 1. The van der Waals surface area contributed by atoms with Crippen molar-refractivity contribution >= 4 is 5.97 Å². The Labute approximate surface area is 123 Å². The average molecular weight is 296 g/mol. The van der Waals surface area contributed by atoms with E-state index in [9.17, 15) is 14.3 Å². The Bertz CT molecular complexity index is 507. The van der Waals surface area contributed by atoms with E-state index in [1.165, 1.54) is 25.3 Å². The Balaban J connectivity index is 2.13. The lowest BCUT2D eigenvalue weighted by molar-refractivity contribution is -0.151. The molecule has 1 aromatic rings. The fraction of sp³-hybridized carbons (Fsp3) is 0.562. The van der Waals surface area contributed by atoms with E-state index in [-0.39, 0.29) is 17.5 Å².